The van der Waals surface area contributed by atoms with Crippen LogP contribution in [0, 0.1) is 0 Å². The van der Waals surface area contributed by atoms with Gasteiger partial charge >= 0.3 is 0 Å². The van der Waals surface area contributed by atoms with Crippen LogP contribution in [0.3, 0.4) is 0 Å². The second-order valence-electron chi connectivity index (χ2n) is 4.70. The van der Waals surface area contributed by atoms with E-state index in [2.05, 4.69) is 41.5 Å². The third-order valence-corrected chi connectivity index (χ3v) is 3.21. The SMILES string of the molecule is CCCNC(Cc1cnccc1N)c1ccccc1. The number of nitrogen functional groups attached to an aromatic ring is 1. The molecule has 3 nitrogen and oxygen atoms in total. The molecule has 1 atom stereocenters. The molecule has 1 unspecified atom stereocenters. The lowest BCUT2D eigenvalue weighted by atomic mass is 9.99. The van der Waals surface area contributed by atoms with E-state index in [0.717, 1.165) is 30.6 Å². The fourth-order valence-electron chi connectivity index (χ4n) is 2.14. The van der Waals surface area contributed by atoms with Crippen LogP contribution in [0.5, 0.6) is 0 Å². The summed E-state index contributed by atoms with van der Waals surface area (Å²) in [6, 6.07) is 12.6. The monoisotopic (exact) mass is 255 g/mol. The predicted octanol–water partition coefficient (Wildman–Crippen LogP) is 2.95. The smallest absolute Gasteiger partial charge is 0.0378 e. The summed E-state index contributed by atoms with van der Waals surface area (Å²) in [5.41, 5.74) is 9.21. The number of hydrogen-bond acceptors (Lipinski definition) is 3. The molecule has 19 heavy (non-hydrogen) atoms. The van der Waals surface area contributed by atoms with Crippen LogP contribution in [0.25, 0.3) is 0 Å². The Balaban J connectivity index is 2.17. The van der Waals surface area contributed by atoms with Crippen molar-refractivity contribution in [2.24, 2.45) is 0 Å². The van der Waals surface area contributed by atoms with Gasteiger partial charge in [0.2, 0.25) is 0 Å². The Hall–Kier alpha value is -1.87. The van der Waals surface area contributed by atoms with Crippen molar-refractivity contribution in [2.75, 3.05) is 12.3 Å². The largest absolute Gasteiger partial charge is 0.398 e. The molecule has 2 aromatic rings. The van der Waals surface area contributed by atoms with Crippen molar-refractivity contribution in [1.82, 2.24) is 10.3 Å². The van der Waals surface area contributed by atoms with E-state index in [-0.39, 0.29) is 6.04 Å². The number of anilines is 1. The van der Waals surface area contributed by atoms with Crippen LogP contribution >= 0.6 is 0 Å². The number of pyridine rings is 1. The summed E-state index contributed by atoms with van der Waals surface area (Å²) in [4.78, 5) is 4.16. The van der Waals surface area contributed by atoms with Crippen molar-refractivity contribution in [3.05, 3.63) is 59.9 Å². The molecule has 3 heteroatoms. The third-order valence-electron chi connectivity index (χ3n) is 3.21. The molecule has 0 aliphatic heterocycles. The van der Waals surface area contributed by atoms with Crippen LogP contribution in [-0.4, -0.2) is 11.5 Å². The highest BCUT2D eigenvalue weighted by Gasteiger charge is 2.12. The van der Waals surface area contributed by atoms with Gasteiger partial charge in [-0.1, -0.05) is 37.3 Å². The molecular weight excluding hydrogens is 234 g/mol. The van der Waals surface area contributed by atoms with Crippen molar-refractivity contribution in [3.8, 4) is 0 Å². The summed E-state index contributed by atoms with van der Waals surface area (Å²) < 4.78 is 0. The maximum Gasteiger partial charge on any atom is 0.0378 e. The molecular formula is C16H21N3. The molecule has 0 saturated heterocycles. The Morgan fingerprint density at radius 1 is 1.21 bits per heavy atom. The summed E-state index contributed by atoms with van der Waals surface area (Å²) >= 11 is 0. The van der Waals surface area contributed by atoms with Crippen LogP contribution in [0.1, 0.15) is 30.5 Å². The third kappa shape index (κ3) is 3.80. The minimum absolute atomic E-state index is 0.285. The lowest BCUT2D eigenvalue weighted by Crippen LogP contribution is -2.24. The molecule has 0 aliphatic rings. The molecule has 0 spiro atoms. The van der Waals surface area contributed by atoms with Gasteiger partial charge in [-0.15, -0.1) is 0 Å². The Kier molecular flexibility index (Phi) is 4.93. The second kappa shape index (κ2) is 6.90. The van der Waals surface area contributed by atoms with Crippen molar-refractivity contribution < 1.29 is 0 Å². The van der Waals surface area contributed by atoms with Crippen LogP contribution < -0.4 is 11.1 Å². The normalized spacial score (nSPS) is 12.3. The molecule has 100 valence electrons. The average molecular weight is 255 g/mol. The number of benzene rings is 1. The van der Waals surface area contributed by atoms with E-state index in [0.29, 0.717) is 0 Å². The highest BCUT2D eigenvalue weighted by atomic mass is 14.9. The van der Waals surface area contributed by atoms with E-state index in [9.17, 15) is 0 Å². The minimum atomic E-state index is 0.285. The Morgan fingerprint density at radius 2 is 2.00 bits per heavy atom. The average Bonchev–Trinajstić information content (AvgIpc) is 2.46. The van der Waals surface area contributed by atoms with Gasteiger partial charge in [0, 0.05) is 24.1 Å². The molecule has 1 aromatic carbocycles. The highest BCUT2D eigenvalue weighted by molar-refractivity contribution is 5.45. The molecule has 0 fully saturated rings. The molecule has 0 bridgehead atoms. The maximum absolute atomic E-state index is 6.01. The predicted molar refractivity (Wildman–Crippen MR) is 79.8 cm³/mol. The van der Waals surface area contributed by atoms with E-state index < -0.39 is 0 Å². The zero-order chi connectivity index (χ0) is 13.5. The van der Waals surface area contributed by atoms with Crippen LogP contribution in [0.4, 0.5) is 5.69 Å². The van der Waals surface area contributed by atoms with Crippen molar-refractivity contribution >= 4 is 5.69 Å². The summed E-state index contributed by atoms with van der Waals surface area (Å²) in [5, 5.41) is 3.58. The summed E-state index contributed by atoms with van der Waals surface area (Å²) in [6.07, 6.45) is 5.57. The number of nitrogens with one attached hydrogen (secondary N) is 1. The van der Waals surface area contributed by atoms with Gasteiger partial charge in [0.15, 0.2) is 0 Å². The van der Waals surface area contributed by atoms with E-state index in [1.165, 1.54) is 5.56 Å². The molecule has 1 heterocycles. The fourth-order valence-corrected chi connectivity index (χ4v) is 2.14. The van der Waals surface area contributed by atoms with Gasteiger partial charge in [0.25, 0.3) is 0 Å². The first-order valence-electron chi connectivity index (χ1n) is 6.78. The van der Waals surface area contributed by atoms with Gasteiger partial charge in [-0.2, -0.15) is 0 Å². The van der Waals surface area contributed by atoms with Crippen molar-refractivity contribution in [1.29, 1.82) is 0 Å². The number of nitrogens with two attached hydrogens (primary N) is 1. The summed E-state index contributed by atoms with van der Waals surface area (Å²) in [6.45, 7) is 3.17. The van der Waals surface area contributed by atoms with Gasteiger partial charge in [0.05, 0.1) is 0 Å². The molecule has 0 aliphatic carbocycles. The highest BCUT2D eigenvalue weighted by Crippen LogP contribution is 2.21. The topological polar surface area (TPSA) is 50.9 Å². The van der Waals surface area contributed by atoms with Gasteiger partial charge < -0.3 is 11.1 Å². The number of rotatable bonds is 6. The first kappa shape index (κ1) is 13.6. The lowest BCUT2D eigenvalue weighted by Gasteiger charge is -2.19. The molecule has 0 amide bonds. The van der Waals surface area contributed by atoms with Gasteiger partial charge in [-0.25, -0.2) is 0 Å². The Labute approximate surface area is 114 Å². The Bertz CT molecular complexity index is 496. The molecule has 1 aromatic heterocycles. The second-order valence-corrected chi connectivity index (χ2v) is 4.70. The van der Waals surface area contributed by atoms with Crippen LogP contribution in [0.15, 0.2) is 48.8 Å². The molecule has 2 rings (SSSR count). The molecule has 0 radical (unpaired) electrons. The first-order valence-corrected chi connectivity index (χ1v) is 6.78. The minimum Gasteiger partial charge on any atom is -0.398 e. The zero-order valence-corrected chi connectivity index (χ0v) is 11.3. The molecule has 3 N–H and O–H groups in total. The molecule has 0 saturated carbocycles. The number of aromatic nitrogens is 1. The number of hydrogen-bond donors (Lipinski definition) is 2. The van der Waals surface area contributed by atoms with E-state index in [4.69, 9.17) is 5.73 Å². The van der Waals surface area contributed by atoms with E-state index >= 15 is 0 Å². The lowest BCUT2D eigenvalue weighted by molar-refractivity contribution is 0.529. The van der Waals surface area contributed by atoms with Gasteiger partial charge in [0.1, 0.15) is 0 Å². The van der Waals surface area contributed by atoms with Crippen LogP contribution in [-0.2, 0) is 6.42 Å². The van der Waals surface area contributed by atoms with Crippen molar-refractivity contribution in [2.45, 2.75) is 25.8 Å². The number of nitrogens with zero attached hydrogens (tertiary/aromatic N) is 1. The standard InChI is InChI=1S/C16H21N3/c1-2-9-19-16(13-6-4-3-5-7-13)11-14-12-18-10-8-15(14)17/h3-8,10,12,16,19H,2,9,11H2,1H3,(H2,17,18). The summed E-state index contributed by atoms with van der Waals surface area (Å²) in [7, 11) is 0. The van der Waals surface area contributed by atoms with E-state index in [1.807, 2.05) is 18.3 Å². The van der Waals surface area contributed by atoms with Gasteiger partial charge in [-0.05, 0) is 36.6 Å². The maximum atomic E-state index is 6.01. The quantitative estimate of drug-likeness (QED) is 0.834. The Morgan fingerprint density at radius 3 is 2.68 bits per heavy atom. The zero-order valence-electron chi connectivity index (χ0n) is 11.3. The van der Waals surface area contributed by atoms with E-state index in [1.54, 1.807) is 6.20 Å². The van der Waals surface area contributed by atoms with Crippen molar-refractivity contribution in [3.63, 3.8) is 0 Å². The summed E-state index contributed by atoms with van der Waals surface area (Å²) in [5.74, 6) is 0. The fraction of sp³-hybridized carbons (Fsp3) is 0.312. The van der Waals surface area contributed by atoms with Gasteiger partial charge in [-0.3, -0.25) is 4.98 Å². The van der Waals surface area contributed by atoms with Crippen LogP contribution in [0.2, 0.25) is 0 Å². The first-order chi connectivity index (χ1) is 9.31.